The van der Waals surface area contributed by atoms with Crippen LogP contribution in [0.15, 0.2) is 47.5 Å². The van der Waals surface area contributed by atoms with E-state index in [1.165, 1.54) is 6.33 Å². The van der Waals surface area contributed by atoms with E-state index >= 15 is 0 Å². The van der Waals surface area contributed by atoms with Crippen LogP contribution >= 0.6 is 15.9 Å². The molecule has 2 aromatic rings. The van der Waals surface area contributed by atoms with Gasteiger partial charge in [0.1, 0.15) is 6.33 Å². The molecule has 82 valence electrons. The van der Waals surface area contributed by atoms with E-state index in [-0.39, 0.29) is 0 Å². The van der Waals surface area contributed by atoms with Gasteiger partial charge in [0.25, 0.3) is 0 Å². The molecule has 3 nitrogen and oxygen atoms in total. The van der Waals surface area contributed by atoms with Gasteiger partial charge >= 0.3 is 0 Å². The summed E-state index contributed by atoms with van der Waals surface area (Å²) in [6.07, 6.45) is 4.98. The standard InChI is InChI=1S/C12H12BrN3/c1-12(14,9-6-15-8-16-7-9)10-4-2-3-5-11(10)13/h2-8H,14H2,1H3. The van der Waals surface area contributed by atoms with E-state index in [0.717, 1.165) is 15.6 Å². The van der Waals surface area contributed by atoms with Crippen LogP contribution < -0.4 is 5.73 Å². The highest BCUT2D eigenvalue weighted by atomic mass is 79.9. The van der Waals surface area contributed by atoms with Crippen LogP contribution in [0.2, 0.25) is 0 Å². The van der Waals surface area contributed by atoms with Crippen LogP contribution in [-0.4, -0.2) is 9.97 Å². The number of benzene rings is 1. The van der Waals surface area contributed by atoms with Crippen LogP contribution in [0.25, 0.3) is 0 Å². The Hall–Kier alpha value is -1.26. The molecule has 0 amide bonds. The van der Waals surface area contributed by atoms with Gasteiger partial charge < -0.3 is 5.73 Å². The molecule has 1 atom stereocenters. The van der Waals surface area contributed by atoms with Crippen LogP contribution in [0.3, 0.4) is 0 Å². The molecular weight excluding hydrogens is 266 g/mol. The van der Waals surface area contributed by atoms with Crippen molar-refractivity contribution in [1.82, 2.24) is 9.97 Å². The molecule has 0 spiro atoms. The molecule has 0 aliphatic rings. The molecule has 1 aromatic carbocycles. The molecule has 0 saturated carbocycles. The lowest BCUT2D eigenvalue weighted by molar-refractivity contribution is 0.593. The average molecular weight is 278 g/mol. The maximum absolute atomic E-state index is 6.35. The van der Waals surface area contributed by atoms with E-state index in [0.29, 0.717) is 0 Å². The zero-order valence-corrected chi connectivity index (χ0v) is 10.5. The van der Waals surface area contributed by atoms with E-state index in [1.54, 1.807) is 12.4 Å². The van der Waals surface area contributed by atoms with Gasteiger partial charge in [-0.1, -0.05) is 34.1 Å². The fourth-order valence-corrected chi connectivity index (χ4v) is 2.30. The molecule has 2 N–H and O–H groups in total. The molecule has 1 unspecified atom stereocenters. The zero-order valence-electron chi connectivity index (χ0n) is 8.89. The van der Waals surface area contributed by atoms with Crippen molar-refractivity contribution in [3.05, 3.63) is 58.6 Å². The minimum Gasteiger partial charge on any atom is -0.318 e. The van der Waals surface area contributed by atoms with Gasteiger partial charge in [0.15, 0.2) is 0 Å². The number of nitrogens with two attached hydrogens (primary N) is 1. The van der Waals surface area contributed by atoms with Gasteiger partial charge in [0, 0.05) is 22.4 Å². The van der Waals surface area contributed by atoms with Crippen molar-refractivity contribution in [2.45, 2.75) is 12.5 Å². The summed E-state index contributed by atoms with van der Waals surface area (Å²) in [5.41, 5.74) is 7.66. The van der Waals surface area contributed by atoms with Crippen LogP contribution in [0, 0.1) is 0 Å². The summed E-state index contributed by atoms with van der Waals surface area (Å²) in [5.74, 6) is 0. The molecule has 2 rings (SSSR count). The van der Waals surface area contributed by atoms with E-state index in [9.17, 15) is 0 Å². The van der Waals surface area contributed by atoms with Gasteiger partial charge in [-0.3, -0.25) is 0 Å². The van der Waals surface area contributed by atoms with Crippen LogP contribution in [-0.2, 0) is 5.54 Å². The second kappa shape index (κ2) is 4.31. The first-order chi connectivity index (χ1) is 7.62. The Kier molecular flexibility index (Phi) is 3.03. The van der Waals surface area contributed by atoms with Crippen molar-refractivity contribution in [3.8, 4) is 0 Å². The van der Waals surface area contributed by atoms with Gasteiger partial charge in [-0.2, -0.15) is 0 Å². The van der Waals surface area contributed by atoms with Gasteiger partial charge in [0.2, 0.25) is 0 Å². The summed E-state index contributed by atoms with van der Waals surface area (Å²) in [7, 11) is 0. The number of aromatic nitrogens is 2. The summed E-state index contributed by atoms with van der Waals surface area (Å²) < 4.78 is 0.990. The molecule has 0 bridgehead atoms. The molecular formula is C12H12BrN3. The number of hydrogen-bond donors (Lipinski definition) is 1. The van der Waals surface area contributed by atoms with Gasteiger partial charge in [-0.15, -0.1) is 0 Å². The number of halogens is 1. The topological polar surface area (TPSA) is 51.8 Å². The lowest BCUT2D eigenvalue weighted by atomic mass is 9.87. The second-order valence-corrected chi connectivity index (χ2v) is 4.66. The van der Waals surface area contributed by atoms with E-state index < -0.39 is 5.54 Å². The van der Waals surface area contributed by atoms with Crippen molar-refractivity contribution >= 4 is 15.9 Å². The molecule has 1 heterocycles. The van der Waals surface area contributed by atoms with E-state index in [2.05, 4.69) is 25.9 Å². The Morgan fingerprint density at radius 1 is 1.19 bits per heavy atom. The predicted octanol–water partition coefficient (Wildman–Crippen LogP) is 2.46. The van der Waals surface area contributed by atoms with Crippen molar-refractivity contribution in [2.75, 3.05) is 0 Å². The third kappa shape index (κ3) is 1.99. The Balaban J connectivity index is 2.51. The fraction of sp³-hybridized carbons (Fsp3) is 0.167. The predicted molar refractivity (Wildman–Crippen MR) is 66.8 cm³/mol. The molecule has 0 fully saturated rings. The van der Waals surface area contributed by atoms with Crippen molar-refractivity contribution < 1.29 is 0 Å². The van der Waals surface area contributed by atoms with Crippen LogP contribution in [0.5, 0.6) is 0 Å². The molecule has 16 heavy (non-hydrogen) atoms. The molecule has 0 aliphatic carbocycles. The van der Waals surface area contributed by atoms with E-state index in [4.69, 9.17) is 5.73 Å². The van der Waals surface area contributed by atoms with Crippen molar-refractivity contribution in [3.63, 3.8) is 0 Å². The van der Waals surface area contributed by atoms with Gasteiger partial charge in [-0.25, -0.2) is 9.97 Å². The van der Waals surface area contributed by atoms with Crippen molar-refractivity contribution in [1.29, 1.82) is 0 Å². The first-order valence-electron chi connectivity index (χ1n) is 4.92. The fourth-order valence-electron chi connectivity index (χ4n) is 1.61. The lowest BCUT2D eigenvalue weighted by Crippen LogP contribution is -2.34. The average Bonchev–Trinajstić information content (AvgIpc) is 2.30. The highest BCUT2D eigenvalue weighted by Gasteiger charge is 2.26. The molecule has 1 aromatic heterocycles. The number of nitrogens with zero attached hydrogens (tertiary/aromatic N) is 2. The molecule has 0 saturated heterocycles. The van der Waals surface area contributed by atoms with Crippen LogP contribution in [0.4, 0.5) is 0 Å². The largest absolute Gasteiger partial charge is 0.318 e. The summed E-state index contributed by atoms with van der Waals surface area (Å²) in [6.45, 7) is 1.95. The number of rotatable bonds is 2. The summed E-state index contributed by atoms with van der Waals surface area (Å²) in [5, 5.41) is 0. The highest BCUT2D eigenvalue weighted by Crippen LogP contribution is 2.30. The summed E-state index contributed by atoms with van der Waals surface area (Å²) in [6, 6.07) is 7.90. The Labute approximate surface area is 103 Å². The first kappa shape index (κ1) is 11.2. The number of hydrogen-bond acceptors (Lipinski definition) is 3. The maximum Gasteiger partial charge on any atom is 0.115 e. The second-order valence-electron chi connectivity index (χ2n) is 3.81. The minimum atomic E-state index is -0.596. The first-order valence-corrected chi connectivity index (χ1v) is 5.71. The molecule has 0 radical (unpaired) electrons. The SMILES string of the molecule is CC(N)(c1cncnc1)c1ccccc1Br. The Morgan fingerprint density at radius 2 is 1.81 bits per heavy atom. The third-order valence-corrected chi connectivity index (χ3v) is 3.29. The molecule has 4 heteroatoms. The Bertz CT molecular complexity index is 483. The third-order valence-electron chi connectivity index (χ3n) is 2.59. The van der Waals surface area contributed by atoms with E-state index in [1.807, 2.05) is 31.2 Å². The summed E-state index contributed by atoms with van der Waals surface area (Å²) >= 11 is 3.51. The monoisotopic (exact) mass is 277 g/mol. The van der Waals surface area contributed by atoms with Gasteiger partial charge in [0.05, 0.1) is 5.54 Å². The normalized spacial score (nSPS) is 14.4. The minimum absolute atomic E-state index is 0.596. The Morgan fingerprint density at radius 3 is 2.44 bits per heavy atom. The zero-order chi connectivity index (χ0) is 11.6. The van der Waals surface area contributed by atoms with Crippen molar-refractivity contribution in [2.24, 2.45) is 5.73 Å². The maximum atomic E-state index is 6.35. The smallest absolute Gasteiger partial charge is 0.115 e. The lowest BCUT2D eigenvalue weighted by Gasteiger charge is -2.26. The molecule has 0 aliphatic heterocycles. The van der Waals surface area contributed by atoms with Gasteiger partial charge in [-0.05, 0) is 18.6 Å². The quantitative estimate of drug-likeness (QED) is 0.918. The highest BCUT2D eigenvalue weighted by molar-refractivity contribution is 9.10. The summed E-state index contributed by atoms with van der Waals surface area (Å²) in [4.78, 5) is 8.00. The van der Waals surface area contributed by atoms with Crippen LogP contribution in [0.1, 0.15) is 18.1 Å².